The van der Waals surface area contributed by atoms with Gasteiger partial charge in [0.1, 0.15) is 0 Å². The normalized spacial score (nSPS) is 21.1. The summed E-state index contributed by atoms with van der Waals surface area (Å²) < 4.78 is 28.0. The third-order valence-electron chi connectivity index (χ3n) is 6.25. The Morgan fingerprint density at radius 2 is 1.84 bits per heavy atom. The van der Waals surface area contributed by atoms with E-state index in [0.29, 0.717) is 42.5 Å². The number of carbonyl (C=O) groups is 1. The van der Waals surface area contributed by atoms with Crippen molar-refractivity contribution < 1.29 is 13.2 Å². The van der Waals surface area contributed by atoms with Crippen molar-refractivity contribution in [2.45, 2.75) is 30.2 Å². The molecule has 2 heterocycles. The number of hydrogen-bond donors (Lipinski definition) is 1. The zero-order chi connectivity index (χ0) is 22.3. The van der Waals surface area contributed by atoms with Crippen LogP contribution in [0.2, 0.25) is 10.0 Å². The Morgan fingerprint density at radius 1 is 1.13 bits per heavy atom. The number of nitrogens with two attached hydrogens (primary N) is 1. The summed E-state index contributed by atoms with van der Waals surface area (Å²) in [7, 11) is -1.65. The Kier molecular flexibility index (Phi) is 6.34. The quantitative estimate of drug-likeness (QED) is 0.724. The minimum atomic E-state index is -3.66. The van der Waals surface area contributed by atoms with Gasteiger partial charge in [0.2, 0.25) is 15.9 Å². The van der Waals surface area contributed by atoms with Gasteiger partial charge in [-0.25, -0.2) is 8.42 Å². The van der Waals surface area contributed by atoms with Crippen LogP contribution in [0.3, 0.4) is 0 Å². The molecule has 2 aliphatic heterocycles. The van der Waals surface area contributed by atoms with E-state index in [1.807, 2.05) is 19.2 Å². The second kappa shape index (κ2) is 8.71. The number of primary amides is 1. The second-order valence-electron chi connectivity index (χ2n) is 8.36. The molecule has 0 bridgehead atoms. The van der Waals surface area contributed by atoms with E-state index in [4.69, 9.17) is 28.9 Å². The smallest absolute Gasteiger partial charge is 0.243 e. The molecule has 0 spiro atoms. The Morgan fingerprint density at radius 3 is 2.52 bits per heavy atom. The standard InChI is InChI=1S/C22H25Cl2N3O3S/c1-26-12-19(18-10-16(23)11-21(24)20(18)13-26)15-3-2-4-17(9-15)31(29,30)27-7-5-14(6-8-27)22(25)28/h2-4,9-11,14,19H,5-8,12-13H2,1H3,(H2,25,28). The lowest BCUT2D eigenvalue weighted by Crippen LogP contribution is -2.41. The van der Waals surface area contributed by atoms with E-state index < -0.39 is 10.0 Å². The average molecular weight is 482 g/mol. The highest BCUT2D eigenvalue weighted by molar-refractivity contribution is 7.89. The molecule has 6 nitrogen and oxygen atoms in total. The molecule has 2 aromatic carbocycles. The fraction of sp³-hybridized carbons (Fsp3) is 0.409. The second-order valence-corrected chi connectivity index (χ2v) is 11.1. The zero-order valence-electron chi connectivity index (χ0n) is 17.2. The van der Waals surface area contributed by atoms with Crippen molar-refractivity contribution in [2.75, 3.05) is 26.7 Å². The predicted molar refractivity (Wildman–Crippen MR) is 122 cm³/mol. The van der Waals surface area contributed by atoms with Crippen molar-refractivity contribution in [3.05, 3.63) is 63.1 Å². The average Bonchev–Trinajstić information content (AvgIpc) is 2.74. The van der Waals surface area contributed by atoms with Crippen molar-refractivity contribution in [1.29, 1.82) is 0 Å². The number of fused-ring (bicyclic) bond motifs is 1. The molecule has 0 aromatic heterocycles. The molecule has 1 atom stereocenters. The van der Waals surface area contributed by atoms with Crippen LogP contribution in [0.4, 0.5) is 0 Å². The molecule has 0 aliphatic carbocycles. The zero-order valence-corrected chi connectivity index (χ0v) is 19.6. The van der Waals surface area contributed by atoms with E-state index >= 15 is 0 Å². The van der Waals surface area contributed by atoms with Crippen molar-refractivity contribution >= 4 is 39.1 Å². The molecule has 1 saturated heterocycles. The number of rotatable bonds is 4. The summed E-state index contributed by atoms with van der Waals surface area (Å²) in [5.74, 6) is -0.668. The van der Waals surface area contributed by atoms with Gasteiger partial charge in [-0.1, -0.05) is 35.3 Å². The molecule has 2 aliphatic rings. The van der Waals surface area contributed by atoms with Crippen molar-refractivity contribution in [1.82, 2.24) is 9.21 Å². The van der Waals surface area contributed by atoms with Crippen LogP contribution in [-0.2, 0) is 21.4 Å². The third-order valence-corrected chi connectivity index (χ3v) is 8.70. The van der Waals surface area contributed by atoms with E-state index in [-0.39, 0.29) is 22.6 Å². The van der Waals surface area contributed by atoms with Crippen molar-refractivity contribution in [3.8, 4) is 0 Å². The molecule has 0 radical (unpaired) electrons. The van der Waals surface area contributed by atoms with Crippen LogP contribution in [-0.4, -0.2) is 50.2 Å². The molecule has 9 heteroatoms. The molecule has 2 aromatic rings. The first-order chi connectivity index (χ1) is 14.7. The number of halogens is 2. The summed E-state index contributed by atoms with van der Waals surface area (Å²) in [6.45, 7) is 2.03. The lowest BCUT2D eigenvalue weighted by atomic mass is 9.85. The number of benzene rings is 2. The number of carbonyl (C=O) groups excluding carboxylic acids is 1. The van der Waals surface area contributed by atoms with E-state index in [9.17, 15) is 13.2 Å². The van der Waals surface area contributed by atoms with Crippen LogP contribution >= 0.6 is 23.2 Å². The molecule has 2 N–H and O–H groups in total. The Balaban J connectivity index is 1.66. The van der Waals surface area contributed by atoms with E-state index in [1.54, 1.807) is 24.3 Å². The first-order valence-electron chi connectivity index (χ1n) is 10.2. The van der Waals surface area contributed by atoms with Crippen LogP contribution in [0.25, 0.3) is 0 Å². The summed E-state index contributed by atoms with van der Waals surface area (Å²) in [4.78, 5) is 13.8. The SMILES string of the molecule is CN1Cc2c(Cl)cc(Cl)cc2C(c2cccc(S(=O)(=O)N3CCC(C(N)=O)CC3)c2)C1. The molecular formula is C22H25Cl2N3O3S. The molecule has 166 valence electrons. The van der Waals surface area contributed by atoms with E-state index in [2.05, 4.69) is 4.90 Å². The number of likely N-dealkylation sites (N-methyl/N-ethyl adjacent to an activating group) is 1. The van der Waals surface area contributed by atoms with E-state index in [1.165, 1.54) is 4.31 Å². The van der Waals surface area contributed by atoms with Gasteiger partial charge in [-0.3, -0.25) is 4.79 Å². The minimum Gasteiger partial charge on any atom is -0.369 e. The number of hydrogen-bond acceptors (Lipinski definition) is 4. The largest absolute Gasteiger partial charge is 0.369 e. The monoisotopic (exact) mass is 481 g/mol. The molecule has 1 fully saturated rings. The van der Waals surface area contributed by atoms with Gasteiger partial charge in [0, 0.05) is 48.1 Å². The third kappa shape index (κ3) is 4.47. The molecule has 1 unspecified atom stereocenters. The lowest BCUT2D eigenvalue weighted by Gasteiger charge is -2.34. The van der Waals surface area contributed by atoms with E-state index in [0.717, 1.165) is 23.2 Å². The molecule has 31 heavy (non-hydrogen) atoms. The van der Waals surface area contributed by atoms with Gasteiger partial charge in [0.25, 0.3) is 0 Å². The number of sulfonamides is 1. The Labute approximate surface area is 193 Å². The fourth-order valence-corrected chi connectivity index (χ4v) is 6.65. The molecule has 1 amide bonds. The molecule has 4 rings (SSSR count). The molecule has 0 saturated carbocycles. The maximum atomic E-state index is 13.3. The van der Waals surface area contributed by atoms with Crippen LogP contribution in [0, 0.1) is 5.92 Å². The topological polar surface area (TPSA) is 83.7 Å². The van der Waals surface area contributed by atoms with Gasteiger partial charge in [-0.05, 0) is 60.8 Å². The van der Waals surface area contributed by atoms with Gasteiger partial charge in [0.05, 0.1) is 4.90 Å². The lowest BCUT2D eigenvalue weighted by molar-refractivity contribution is -0.122. The van der Waals surface area contributed by atoms with Crippen molar-refractivity contribution in [2.24, 2.45) is 11.7 Å². The Hall–Kier alpha value is -1.64. The first-order valence-corrected chi connectivity index (χ1v) is 12.4. The minimum absolute atomic E-state index is 0.0410. The summed E-state index contributed by atoms with van der Waals surface area (Å²) in [5.41, 5.74) is 8.33. The van der Waals surface area contributed by atoms with Gasteiger partial charge in [0.15, 0.2) is 0 Å². The highest BCUT2D eigenvalue weighted by atomic mass is 35.5. The van der Waals surface area contributed by atoms with Crippen LogP contribution < -0.4 is 5.73 Å². The van der Waals surface area contributed by atoms with Gasteiger partial charge in [-0.2, -0.15) is 4.31 Å². The van der Waals surface area contributed by atoms with Crippen LogP contribution in [0.15, 0.2) is 41.3 Å². The van der Waals surface area contributed by atoms with Crippen molar-refractivity contribution in [3.63, 3.8) is 0 Å². The maximum absolute atomic E-state index is 13.3. The molecular weight excluding hydrogens is 457 g/mol. The maximum Gasteiger partial charge on any atom is 0.243 e. The summed E-state index contributed by atoms with van der Waals surface area (Å²) in [5, 5.41) is 1.19. The predicted octanol–water partition coefficient (Wildman–Crippen LogP) is 3.46. The van der Waals surface area contributed by atoms with Gasteiger partial charge >= 0.3 is 0 Å². The number of nitrogens with zero attached hydrogens (tertiary/aromatic N) is 2. The summed E-state index contributed by atoms with van der Waals surface area (Å²) in [6.07, 6.45) is 0.901. The highest BCUT2D eigenvalue weighted by Crippen LogP contribution is 2.39. The fourth-order valence-electron chi connectivity index (χ4n) is 4.55. The summed E-state index contributed by atoms with van der Waals surface area (Å²) >= 11 is 12.7. The highest BCUT2D eigenvalue weighted by Gasteiger charge is 2.32. The van der Waals surface area contributed by atoms with Crippen LogP contribution in [0.5, 0.6) is 0 Å². The number of amides is 1. The van der Waals surface area contributed by atoms with Gasteiger partial charge in [-0.15, -0.1) is 0 Å². The number of piperidine rings is 1. The first kappa shape index (κ1) is 22.6. The van der Waals surface area contributed by atoms with Crippen LogP contribution in [0.1, 0.15) is 35.4 Å². The summed E-state index contributed by atoms with van der Waals surface area (Å²) in [6, 6.07) is 10.8. The Bertz CT molecular complexity index is 1110. The van der Waals surface area contributed by atoms with Gasteiger partial charge < -0.3 is 10.6 Å².